The second kappa shape index (κ2) is 7.81. The van der Waals surface area contributed by atoms with Gasteiger partial charge in [0.05, 0.1) is 31.2 Å². The molecular formula is C19H23N5O. The van der Waals surface area contributed by atoms with Crippen LogP contribution in [0.1, 0.15) is 16.8 Å². The summed E-state index contributed by atoms with van der Waals surface area (Å²) in [6.07, 6.45) is 5.76. The molecule has 2 heterocycles. The van der Waals surface area contributed by atoms with Crippen LogP contribution in [0.25, 0.3) is 11.3 Å². The van der Waals surface area contributed by atoms with Gasteiger partial charge in [0, 0.05) is 36.0 Å². The van der Waals surface area contributed by atoms with E-state index in [-0.39, 0.29) is 0 Å². The first kappa shape index (κ1) is 17.0. The largest absolute Gasteiger partial charge is 0.497 e. The second-order valence-corrected chi connectivity index (χ2v) is 5.85. The van der Waals surface area contributed by atoms with Gasteiger partial charge in [-0.25, -0.2) is 0 Å². The fourth-order valence-corrected chi connectivity index (χ4v) is 2.74. The van der Waals surface area contributed by atoms with E-state index in [1.165, 1.54) is 5.56 Å². The Hall–Kier alpha value is -2.86. The molecule has 130 valence electrons. The number of benzene rings is 1. The number of nitrogens with one attached hydrogen (secondary N) is 2. The molecule has 6 heteroatoms. The van der Waals surface area contributed by atoms with Gasteiger partial charge >= 0.3 is 0 Å². The van der Waals surface area contributed by atoms with E-state index in [1.807, 2.05) is 48.1 Å². The van der Waals surface area contributed by atoms with E-state index in [2.05, 4.69) is 33.4 Å². The van der Waals surface area contributed by atoms with Gasteiger partial charge < -0.3 is 10.1 Å². The third-order valence-electron chi connectivity index (χ3n) is 4.09. The Balaban J connectivity index is 1.64. The van der Waals surface area contributed by atoms with E-state index in [9.17, 15) is 0 Å². The Morgan fingerprint density at radius 2 is 2.00 bits per heavy atom. The number of ether oxygens (including phenoxy) is 1. The third kappa shape index (κ3) is 3.97. The standard InChI is InChI=1S/C19H23N5O/c1-4-9-24-13-17(14(2)23-24)11-20-10-16-12-21-22-19(16)15-5-7-18(25-3)8-6-15/h4-8,12-13,20H,1,9-11H2,2-3H3,(H,21,22). The van der Waals surface area contributed by atoms with Gasteiger partial charge in [0.15, 0.2) is 0 Å². The lowest BCUT2D eigenvalue weighted by Crippen LogP contribution is -2.13. The topological polar surface area (TPSA) is 67.8 Å². The lowest BCUT2D eigenvalue weighted by Gasteiger charge is -2.06. The molecule has 0 unspecified atom stereocenters. The van der Waals surface area contributed by atoms with Crippen molar-refractivity contribution in [1.82, 2.24) is 25.3 Å². The molecule has 6 nitrogen and oxygen atoms in total. The van der Waals surface area contributed by atoms with Crippen LogP contribution in [0.2, 0.25) is 0 Å². The minimum atomic E-state index is 0.726. The first-order valence-electron chi connectivity index (χ1n) is 8.22. The lowest BCUT2D eigenvalue weighted by molar-refractivity contribution is 0.415. The van der Waals surface area contributed by atoms with E-state index in [4.69, 9.17) is 4.74 Å². The number of methoxy groups -OCH3 is 1. The molecule has 3 aromatic rings. The van der Waals surface area contributed by atoms with Gasteiger partial charge in [0.2, 0.25) is 0 Å². The summed E-state index contributed by atoms with van der Waals surface area (Å²) >= 11 is 0. The Labute approximate surface area is 147 Å². The van der Waals surface area contributed by atoms with Crippen molar-refractivity contribution in [2.24, 2.45) is 0 Å². The van der Waals surface area contributed by atoms with Crippen LogP contribution in [0.3, 0.4) is 0 Å². The molecule has 0 saturated heterocycles. The fraction of sp³-hybridized carbons (Fsp3) is 0.263. The summed E-state index contributed by atoms with van der Waals surface area (Å²) in [7, 11) is 1.67. The SMILES string of the molecule is C=CCn1cc(CNCc2cn[nH]c2-c2ccc(OC)cc2)c(C)n1. The number of nitrogens with zero attached hydrogens (tertiary/aromatic N) is 3. The summed E-state index contributed by atoms with van der Waals surface area (Å²) in [5.41, 5.74) is 5.47. The highest BCUT2D eigenvalue weighted by atomic mass is 16.5. The quantitative estimate of drug-likeness (QED) is 0.620. The van der Waals surface area contributed by atoms with Gasteiger partial charge in [0.25, 0.3) is 0 Å². The van der Waals surface area contributed by atoms with Crippen molar-refractivity contribution >= 4 is 0 Å². The zero-order valence-electron chi connectivity index (χ0n) is 14.6. The zero-order chi connectivity index (χ0) is 17.6. The summed E-state index contributed by atoms with van der Waals surface area (Å²) in [5, 5.41) is 15.2. The number of hydrogen-bond acceptors (Lipinski definition) is 4. The van der Waals surface area contributed by atoms with Gasteiger partial charge in [-0.3, -0.25) is 9.78 Å². The maximum atomic E-state index is 5.21. The maximum Gasteiger partial charge on any atom is 0.118 e. The summed E-state index contributed by atoms with van der Waals surface area (Å²) < 4.78 is 7.11. The molecular weight excluding hydrogens is 314 g/mol. The van der Waals surface area contributed by atoms with Crippen LogP contribution < -0.4 is 10.1 Å². The van der Waals surface area contributed by atoms with Crippen LogP contribution in [0, 0.1) is 6.92 Å². The molecule has 1 aromatic carbocycles. The molecule has 25 heavy (non-hydrogen) atoms. The molecule has 0 saturated carbocycles. The normalized spacial score (nSPS) is 10.8. The Morgan fingerprint density at radius 1 is 1.24 bits per heavy atom. The van der Waals surface area contributed by atoms with Crippen molar-refractivity contribution in [3.05, 3.63) is 66.1 Å². The van der Waals surface area contributed by atoms with E-state index in [1.54, 1.807) is 7.11 Å². The van der Waals surface area contributed by atoms with Gasteiger partial charge in [-0.1, -0.05) is 6.08 Å². The predicted octanol–water partition coefficient (Wildman–Crippen LogP) is 3.07. The Kier molecular flexibility index (Phi) is 5.30. The van der Waals surface area contributed by atoms with Gasteiger partial charge in [0.1, 0.15) is 5.75 Å². The van der Waals surface area contributed by atoms with Gasteiger partial charge in [-0.15, -0.1) is 6.58 Å². The van der Waals surface area contributed by atoms with Crippen LogP contribution in [0.15, 0.2) is 49.3 Å². The molecule has 0 aliphatic rings. The van der Waals surface area contributed by atoms with Crippen LogP contribution >= 0.6 is 0 Å². The molecule has 0 atom stereocenters. The fourth-order valence-electron chi connectivity index (χ4n) is 2.74. The van der Waals surface area contributed by atoms with Crippen LogP contribution in [-0.2, 0) is 19.6 Å². The van der Waals surface area contributed by atoms with Crippen molar-refractivity contribution in [3.63, 3.8) is 0 Å². The highest BCUT2D eigenvalue weighted by molar-refractivity contribution is 5.63. The first-order chi connectivity index (χ1) is 12.2. The summed E-state index contributed by atoms with van der Waals surface area (Å²) in [6, 6.07) is 7.95. The first-order valence-corrected chi connectivity index (χ1v) is 8.22. The second-order valence-electron chi connectivity index (χ2n) is 5.85. The Morgan fingerprint density at radius 3 is 2.72 bits per heavy atom. The van der Waals surface area contributed by atoms with Crippen molar-refractivity contribution in [1.29, 1.82) is 0 Å². The zero-order valence-corrected chi connectivity index (χ0v) is 14.6. The number of hydrogen-bond donors (Lipinski definition) is 2. The van der Waals surface area contributed by atoms with Gasteiger partial charge in [-0.05, 0) is 31.2 Å². The average Bonchev–Trinajstić information content (AvgIpc) is 3.22. The van der Waals surface area contributed by atoms with Crippen molar-refractivity contribution in [3.8, 4) is 17.0 Å². The summed E-state index contributed by atoms with van der Waals surface area (Å²) in [6.45, 7) is 7.98. The van der Waals surface area contributed by atoms with Crippen LogP contribution in [0.5, 0.6) is 5.75 Å². The molecule has 0 bridgehead atoms. The minimum absolute atomic E-state index is 0.726. The number of aryl methyl sites for hydroxylation is 1. The van der Waals surface area contributed by atoms with E-state index < -0.39 is 0 Å². The highest BCUT2D eigenvalue weighted by Crippen LogP contribution is 2.23. The number of H-pyrrole nitrogens is 1. The Bertz CT molecular complexity index is 832. The predicted molar refractivity (Wildman–Crippen MR) is 98.3 cm³/mol. The van der Waals surface area contributed by atoms with Crippen molar-refractivity contribution in [2.75, 3.05) is 7.11 Å². The van der Waals surface area contributed by atoms with Crippen molar-refractivity contribution in [2.45, 2.75) is 26.6 Å². The monoisotopic (exact) mass is 337 g/mol. The number of rotatable bonds is 8. The highest BCUT2D eigenvalue weighted by Gasteiger charge is 2.09. The molecule has 2 aromatic heterocycles. The molecule has 0 aliphatic carbocycles. The number of allylic oxidation sites excluding steroid dienone is 1. The summed E-state index contributed by atoms with van der Waals surface area (Å²) in [5.74, 6) is 0.843. The minimum Gasteiger partial charge on any atom is -0.497 e. The molecule has 3 rings (SSSR count). The van der Waals surface area contributed by atoms with E-state index in [0.717, 1.165) is 47.9 Å². The average molecular weight is 337 g/mol. The maximum absolute atomic E-state index is 5.21. The molecule has 2 N–H and O–H groups in total. The van der Waals surface area contributed by atoms with Gasteiger partial charge in [-0.2, -0.15) is 10.2 Å². The number of aromatic nitrogens is 4. The third-order valence-corrected chi connectivity index (χ3v) is 4.09. The lowest BCUT2D eigenvalue weighted by atomic mass is 10.1. The molecule has 0 spiro atoms. The molecule has 0 amide bonds. The molecule has 0 aliphatic heterocycles. The van der Waals surface area contributed by atoms with E-state index in [0.29, 0.717) is 0 Å². The number of aromatic amines is 1. The smallest absolute Gasteiger partial charge is 0.118 e. The van der Waals surface area contributed by atoms with Crippen LogP contribution in [0.4, 0.5) is 0 Å². The van der Waals surface area contributed by atoms with Crippen molar-refractivity contribution < 1.29 is 4.74 Å². The molecule has 0 fully saturated rings. The van der Waals surface area contributed by atoms with E-state index >= 15 is 0 Å². The molecule has 0 radical (unpaired) electrons. The summed E-state index contributed by atoms with van der Waals surface area (Å²) in [4.78, 5) is 0. The van der Waals surface area contributed by atoms with Crippen LogP contribution in [-0.4, -0.2) is 27.1 Å².